The molecule has 0 bridgehead atoms. The van der Waals surface area contributed by atoms with Gasteiger partial charge in [0, 0.05) is 18.0 Å². The van der Waals surface area contributed by atoms with E-state index in [0.717, 1.165) is 6.42 Å². The maximum atomic E-state index is 12.0. The van der Waals surface area contributed by atoms with Gasteiger partial charge in [0.25, 0.3) is 5.56 Å². The molecule has 0 aromatic carbocycles. The molecule has 2 aromatic rings. The molecule has 2 heterocycles. The molecular weight excluding hydrogens is 216 g/mol. The Balaban J connectivity index is 2.78. The van der Waals surface area contributed by atoms with Crippen LogP contribution in [-0.4, -0.2) is 14.5 Å². The second-order valence-electron chi connectivity index (χ2n) is 3.75. The minimum atomic E-state index is -0.157. The van der Waals surface area contributed by atoms with Crippen molar-refractivity contribution >= 4 is 5.65 Å². The third-order valence-corrected chi connectivity index (χ3v) is 2.60. The van der Waals surface area contributed by atoms with Crippen LogP contribution in [0.25, 0.3) is 5.65 Å². The van der Waals surface area contributed by atoms with E-state index >= 15 is 0 Å². The molecule has 0 saturated carbocycles. The van der Waals surface area contributed by atoms with Crippen LogP contribution in [0.1, 0.15) is 24.5 Å². The average Bonchev–Trinajstić information content (AvgIpc) is 2.34. The van der Waals surface area contributed by atoms with Crippen LogP contribution in [0.4, 0.5) is 0 Å². The normalized spacial score (nSPS) is 10.4. The summed E-state index contributed by atoms with van der Waals surface area (Å²) in [5, 5.41) is 9.83. The Bertz CT molecular complexity index is 665. The molecule has 0 aliphatic heterocycles. The zero-order chi connectivity index (χ0) is 12.4. The van der Waals surface area contributed by atoms with Gasteiger partial charge in [-0.25, -0.2) is 4.98 Å². The lowest BCUT2D eigenvalue weighted by atomic mass is 10.2. The first-order chi connectivity index (χ1) is 8.19. The topological polar surface area (TPSA) is 54.6 Å². The van der Waals surface area contributed by atoms with Gasteiger partial charge in [-0.1, -0.05) is 19.3 Å². The molecule has 2 rings (SSSR count). The van der Waals surface area contributed by atoms with Gasteiger partial charge >= 0.3 is 0 Å². The second-order valence-corrected chi connectivity index (χ2v) is 3.75. The quantitative estimate of drug-likeness (QED) is 0.789. The van der Waals surface area contributed by atoms with Crippen molar-refractivity contribution in [2.75, 3.05) is 0 Å². The van der Waals surface area contributed by atoms with E-state index in [9.17, 15) is 9.90 Å². The van der Waals surface area contributed by atoms with Gasteiger partial charge in [0.1, 0.15) is 0 Å². The molecule has 0 saturated heterocycles. The number of fused-ring (bicyclic) bond motifs is 1. The van der Waals surface area contributed by atoms with Gasteiger partial charge in [0.15, 0.2) is 11.4 Å². The summed E-state index contributed by atoms with van der Waals surface area (Å²) >= 11 is 0. The first-order valence-electron chi connectivity index (χ1n) is 5.37. The summed E-state index contributed by atoms with van der Waals surface area (Å²) in [7, 11) is 0. The smallest absolute Gasteiger partial charge is 0.261 e. The van der Waals surface area contributed by atoms with Gasteiger partial charge in [0.05, 0.1) is 5.56 Å². The van der Waals surface area contributed by atoms with Gasteiger partial charge in [-0.3, -0.25) is 9.20 Å². The fourth-order valence-electron chi connectivity index (χ4n) is 1.73. The molecule has 0 spiro atoms. The van der Waals surface area contributed by atoms with E-state index in [-0.39, 0.29) is 17.0 Å². The number of hydrogen-bond donors (Lipinski definition) is 1. The Morgan fingerprint density at radius 2 is 2.35 bits per heavy atom. The molecule has 0 aliphatic carbocycles. The fourth-order valence-corrected chi connectivity index (χ4v) is 1.73. The highest BCUT2D eigenvalue weighted by molar-refractivity contribution is 5.61. The van der Waals surface area contributed by atoms with Crippen LogP contribution in [0.3, 0.4) is 0 Å². The monoisotopic (exact) mass is 228 g/mol. The highest BCUT2D eigenvalue weighted by Crippen LogP contribution is 2.19. The summed E-state index contributed by atoms with van der Waals surface area (Å²) in [6.45, 7) is 1.99. The van der Waals surface area contributed by atoms with Crippen molar-refractivity contribution in [1.82, 2.24) is 9.38 Å². The Kier molecular flexibility index (Phi) is 2.84. The molecule has 2 aromatic heterocycles. The van der Waals surface area contributed by atoms with Gasteiger partial charge in [-0.2, -0.15) is 0 Å². The molecule has 86 valence electrons. The number of nitrogens with zero attached hydrogens (tertiary/aromatic N) is 2. The molecule has 0 unspecified atom stereocenters. The number of aromatic nitrogens is 2. The molecule has 0 fully saturated rings. The van der Waals surface area contributed by atoms with Crippen molar-refractivity contribution in [3.63, 3.8) is 0 Å². The van der Waals surface area contributed by atoms with Crippen LogP contribution >= 0.6 is 0 Å². The zero-order valence-corrected chi connectivity index (χ0v) is 9.47. The molecule has 0 aliphatic rings. The lowest BCUT2D eigenvalue weighted by Gasteiger charge is -2.05. The summed E-state index contributed by atoms with van der Waals surface area (Å²) in [5.74, 6) is 2.21. The highest BCUT2D eigenvalue weighted by Gasteiger charge is 2.09. The van der Waals surface area contributed by atoms with E-state index in [0.29, 0.717) is 17.5 Å². The first kappa shape index (κ1) is 11.2. The molecule has 17 heavy (non-hydrogen) atoms. The van der Waals surface area contributed by atoms with Crippen molar-refractivity contribution in [2.24, 2.45) is 0 Å². The third kappa shape index (κ3) is 1.76. The predicted molar refractivity (Wildman–Crippen MR) is 65.1 cm³/mol. The van der Waals surface area contributed by atoms with E-state index in [4.69, 9.17) is 6.42 Å². The Morgan fingerprint density at radius 3 is 3.00 bits per heavy atom. The van der Waals surface area contributed by atoms with E-state index in [1.807, 2.05) is 6.92 Å². The Morgan fingerprint density at radius 1 is 1.59 bits per heavy atom. The van der Waals surface area contributed by atoms with E-state index in [1.165, 1.54) is 16.7 Å². The number of aromatic hydroxyl groups is 1. The van der Waals surface area contributed by atoms with Crippen LogP contribution in [0.15, 0.2) is 23.3 Å². The SMILES string of the molecule is C#Cc1ccn2c(=O)c(CCC)cnc2c1O. The van der Waals surface area contributed by atoms with Crippen LogP contribution in [0.5, 0.6) is 5.75 Å². The lowest BCUT2D eigenvalue weighted by Crippen LogP contribution is -2.19. The van der Waals surface area contributed by atoms with E-state index < -0.39 is 0 Å². The molecular formula is C13H12N2O2. The van der Waals surface area contributed by atoms with Crippen molar-refractivity contribution in [2.45, 2.75) is 19.8 Å². The largest absolute Gasteiger partial charge is 0.503 e. The van der Waals surface area contributed by atoms with Gasteiger partial charge < -0.3 is 5.11 Å². The van der Waals surface area contributed by atoms with Gasteiger partial charge in [-0.05, 0) is 12.5 Å². The van der Waals surface area contributed by atoms with Crippen LogP contribution in [-0.2, 0) is 6.42 Å². The fraction of sp³-hybridized carbons (Fsp3) is 0.231. The van der Waals surface area contributed by atoms with Gasteiger partial charge in [0.2, 0.25) is 0 Å². The molecule has 4 heteroatoms. The minimum Gasteiger partial charge on any atom is -0.503 e. The number of aryl methyl sites for hydroxylation is 1. The van der Waals surface area contributed by atoms with E-state index in [2.05, 4.69) is 10.9 Å². The highest BCUT2D eigenvalue weighted by atomic mass is 16.3. The van der Waals surface area contributed by atoms with Crippen LogP contribution < -0.4 is 5.56 Å². The number of hydrogen-bond acceptors (Lipinski definition) is 3. The molecule has 0 amide bonds. The number of rotatable bonds is 2. The minimum absolute atomic E-state index is 0.129. The average molecular weight is 228 g/mol. The number of pyridine rings is 1. The molecule has 4 nitrogen and oxygen atoms in total. The van der Waals surface area contributed by atoms with Crippen LogP contribution in [0.2, 0.25) is 0 Å². The Hall–Kier alpha value is -2.28. The predicted octanol–water partition coefficient (Wildman–Crippen LogP) is 1.33. The Labute approximate surface area is 98.6 Å². The first-order valence-corrected chi connectivity index (χ1v) is 5.37. The van der Waals surface area contributed by atoms with E-state index in [1.54, 1.807) is 6.20 Å². The third-order valence-electron chi connectivity index (χ3n) is 2.60. The van der Waals surface area contributed by atoms with Crippen LogP contribution in [0, 0.1) is 12.3 Å². The summed E-state index contributed by atoms with van der Waals surface area (Å²) in [4.78, 5) is 16.1. The summed E-state index contributed by atoms with van der Waals surface area (Å²) in [6.07, 6.45) is 9.82. The summed E-state index contributed by atoms with van der Waals surface area (Å²) in [5.41, 5.74) is 1.01. The van der Waals surface area contributed by atoms with Crippen molar-refractivity contribution in [3.8, 4) is 18.1 Å². The standard InChI is InChI=1S/C13H12N2O2/c1-3-5-10-8-14-12-11(16)9(4-2)6-7-15(12)13(10)17/h2,6-8,16H,3,5H2,1H3. The molecule has 1 N–H and O–H groups in total. The zero-order valence-electron chi connectivity index (χ0n) is 9.47. The second kappa shape index (κ2) is 4.30. The molecule has 0 radical (unpaired) electrons. The summed E-state index contributed by atoms with van der Waals surface area (Å²) < 4.78 is 1.32. The maximum absolute atomic E-state index is 12.0. The maximum Gasteiger partial charge on any atom is 0.261 e. The van der Waals surface area contributed by atoms with Crippen molar-refractivity contribution in [1.29, 1.82) is 0 Å². The molecule has 0 atom stereocenters. The van der Waals surface area contributed by atoms with Gasteiger partial charge in [-0.15, -0.1) is 6.42 Å². The summed E-state index contributed by atoms with van der Waals surface area (Å²) in [6, 6.07) is 1.53. The van der Waals surface area contributed by atoms with Crippen molar-refractivity contribution in [3.05, 3.63) is 39.9 Å². The number of terminal acetylenes is 1. The lowest BCUT2D eigenvalue weighted by molar-refractivity contribution is 0.475. The van der Waals surface area contributed by atoms with Crippen molar-refractivity contribution < 1.29 is 5.11 Å².